The van der Waals surface area contributed by atoms with Crippen molar-refractivity contribution in [1.29, 1.82) is 0 Å². The molecule has 0 unspecified atom stereocenters. The molecule has 2 aromatic carbocycles. The van der Waals surface area contributed by atoms with Crippen molar-refractivity contribution in [3.63, 3.8) is 0 Å². The molecule has 3 atom stereocenters. The quantitative estimate of drug-likeness (QED) is 0.765. The van der Waals surface area contributed by atoms with Gasteiger partial charge < -0.3 is 19.7 Å². The maximum Gasteiger partial charge on any atom is 0.573 e. The molecule has 2 bridgehead atoms. The van der Waals surface area contributed by atoms with E-state index in [1.165, 1.54) is 17.0 Å². The number of alkyl halides is 3. The van der Waals surface area contributed by atoms with E-state index in [1.54, 1.807) is 20.0 Å². The SMILES string of the molecule is CN1C(=O)[C@@H](C(=O)Nc2ccc(OC(F)(F)F)cc2)[C@@H]2C[C@]1(C)Oc1ccccc12. The highest BCUT2D eigenvalue weighted by Crippen LogP contribution is 2.49. The number of ether oxygens (including phenoxy) is 2. The summed E-state index contributed by atoms with van der Waals surface area (Å²) in [6.45, 7) is 1.81. The van der Waals surface area contributed by atoms with Crippen molar-refractivity contribution < 1.29 is 32.2 Å². The molecule has 0 spiro atoms. The van der Waals surface area contributed by atoms with E-state index in [4.69, 9.17) is 4.74 Å². The van der Waals surface area contributed by atoms with Crippen LogP contribution in [0, 0.1) is 5.92 Å². The van der Waals surface area contributed by atoms with Gasteiger partial charge >= 0.3 is 6.36 Å². The van der Waals surface area contributed by atoms with E-state index in [0.29, 0.717) is 12.2 Å². The molecular weight excluding hydrogens is 401 g/mol. The summed E-state index contributed by atoms with van der Waals surface area (Å²) in [6.07, 6.45) is -4.35. The van der Waals surface area contributed by atoms with Gasteiger partial charge in [0.15, 0.2) is 5.72 Å². The largest absolute Gasteiger partial charge is 0.573 e. The molecule has 0 aromatic heterocycles. The second-order valence-electron chi connectivity index (χ2n) is 7.56. The third kappa shape index (κ3) is 3.55. The predicted octanol–water partition coefficient (Wildman–Crippen LogP) is 3.89. The Bertz CT molecular complexity index is 992. The van der Waals surface area contributed by atoms with Gasteiger partial charge in [-0.05, 0) is 42.8 Å². The van der Waals surface area contributed by atoms with Crippen molar-refractivity contribution in [2.75, 3.05) is 12.4 Å². The van der Waals surface area contributed by atoms with E-state index in [9.17, 15) is 22.8 Å². The Balaban J connectivity index is 1.59. The number of hydrogen-bond acceptors (Lipinski definition) is 4. The van der Waals surface area contributed by atoms with E-state index in [1.807, 2.05) is 18.2 Å². The first-order valence-corrected chi connectivity index (χ1v) is 9.30. The Kier molecular flexibility index (Phi) is 4.63. The third-order valence-electron chi connectivity index (χ3n) is 5.59. The van der Waals surface area contributed by atoms with Gasteiger partial charge in [-0.15, -0.1) is 13.2 Å². The Labute approximate surface area is 170 Å². The molecule has 2 aromatic rings. The number of carbonyl (C=O) groups excluding carboxylic acids is 2. The molecule has 0 aliphatic carbocycles. The van der Waals surface area contributed by atoms with E-state index < -0.39 is 29.7 Å². The zero-order valence-corrected chi connectivity index (χ0v) is 16.2. The number of fused-ring (bicyclic) bond motifs is 4. The Morgan fingerprint density at radius 3 is 2.53 bits per heavy atom. The van der Waals surface area contributed by atoms with Crippen LogP contribution >= 0.6 is 0 Å². The number of benzene rings is 2. The number of nitrogens with zero attached hydrogens (tertiary/aromatic N) is 1. The van der Waals surface area contributed by atoms with Crippen molar-refractivity contribution in [2.24, 2.45) is 5.92 Å². The van der Waals surface area contributed by atoms with Gasteiger partial charge in [0.05, 0.1) is 0 Å². The number of nitrogens with one attached hydrogen (secondary N) is 1. The summed E-state index contributed by atoms with van der Waals surface area (Å²) < 4.78 is 46.8. The lowest BCUT2D eigenvalue weighted by molar-refractivity contribution is -0.274. The van der Waals surface area contributed by atoms with E-state index >= 15 is 0 Å². The number of piperidine rings is 1. The topological polar surface area (TPSA) is 67.9 Å². The summed E-state index contributed by atoms with van der Waals surface area (Å²) in [5, 5.41) is 2.64. The summed E-state index contributed by atoms with van der Waals surface area (Å²) in [5.41, 5.74) is 0.188. The first kappa shape index (κ1) is 20.1. The van der Waals surface area contributed by atoms with Crippen LogP contribution in [0.5, 0.6) is 11.5 Å². The molecule has 0 saturated carbocycles. The second-order valence-corrected chi connectivity index (χ2v) is 7.56. The first-order valence-electron chi connectivity index (χ1n) is 9.30. The van der Waals surface area contributed by atoms with Crippen molar-refractivity contribution >= 4 is 17.5 Å². The number of halogens is 3. The zero-order valence-electron chi connectivity index (χ0n) is 16.2. The van der Waals surface area contributed by atoms with Gasteiger partial charge in [0.2, 0.25) is 11.8 Å². The van der Waals surface area contributed by atoms with E-state index in [2.05, 4.69) is 10.1 Å². The molecule has 30 heavy (non-hydrogen) atoms. The maximum atomic E-state index is 13.0. The van der Waals surface area contributed by atoms with Crippen LogP contribution in [-0.2, 0) is 9.59 Å². The lowest BCUT2D eigenvalue weighted by atomic mass is 9.73. The average molecular weight is 420 g/mol. The van der Waals surface area contributed by atoms with Gasteiger partial charge in [0, 0.05) is 25.1 Å². The van der Waals surface area contributed by atoms with Gasteiger partial charge in [0.1, 0.15) is 17.4 Å². The number of para-hydroxylation sites is 1. The van der Waals surface area contributed by atoms with Crippen LogP contribution in [0.4, 0.5) is 18.9 Å². The van der Waals surface area contributed by atoms with Crippen LogP contribution in [0.15, 0.2) is 48.5 Å². The van der Waals surface area contributed by atoms with Crippen LogP contribution in [0.1, 0.15) is 24.8 Å². The molecule has 1 fully saturated rings. The monoisotopic (exact) mass is 420 g/mol. The molecule has 9 heteroatoms. The Morgan fingerprint density at radius 2 is 1.87 bits per heavy atom. The predicted molar refractivity (Wildman–Crippen MR) is 101 cm³/mol. The van der Waals surface area contributed by atoms with Gasteiger partial charge in [-0.2, -0.15) is 0 Å². The molecule has 2 aliphatic rings. The van der Waals surface area contributed by atoms with Crippen molar-refractivity contribution in [1.82, 2.24) is 4.90 Å². The Morgan fingerprint density at radius 1 is 1.20 bits per heavy atom. The van der Waals surface area contributed by atoms with Gasteiger partial charge in [-0.1, -0.05) is 18.2 Å². The van der Waals surface area contributed by atoms with Crippen molar-refractivity contribution in [3.05, 3.63) is 54.1 Å². The molecule has 2 aliphatic heterocycles. The van der Waals surface area contributed by atoms with Gasteiger partial charge in [-0.3, -0.25) is 9.59 Å². The minimum Gasteiger partial charge on any atom is -0.468 e. The summed E-state index contributed by atoms with van der Waals surface area (Å²) in [5.74, 6) is -2.04. The summed E-state index contributed by atoms with van der Waals surface area (Å²) in [7, 11) is 1.59. The van der Waals surface area contributed by atoms with Crippen LogP contribution < -0.4 is 14.8 Å². The lowest BCUT2D eigenvalue weighted by Gasteiger charge is -2.51. The number of anilines is 1. The molecule has 1 saturated heterocycles. The van der Waals surface area contributed by atoms with Gasteiger partial charge in [0.25, 0.3) is 0 Å². The molecule has 6 nitrogen and oxygen atoms in total. The lowest BCUT2D eigenvalue weighted by Crippen LogP contribution is -2.62. The van der Waals surface area contributed by atoms with Gasteiger partial charge in [-0.25, -0.2) is 0 Å². The van der Waals surface area contributed by atoms with Crippen molar-refractivity contribution in [3.8, 4) is 11.5 Å². The Hall–Kier alpha value is -3.23. The van der Waals surface area contributed by atoms with Crippen LogP contribution in [0.2, 0.25) is 0 Å². The number of likely N-dealkylation sites (tertiary alicyclic amines) is 1. The zero-order chi connectivity index (χ0) is 21.7. The van der Waals surface area contributed by atoms with Crippen LogP contribution in [0.3, 0.4) is 0 Å². The molecular formula is C21H19F3N2O4. The minimum atomic E-state index is -4.80. The number of amides is 2. The number of carbonyl (C=O) groups is 2. The normalized spacial score (nSPS) is 25.2. The molecule has 1 N–H and O–H groups in total. The fourth-order valence-corrected chi connectivity index (χ4v) is 4.05. The minimum absolute atomic E-state index is 0.263. The van der Waals surface area contributed by atoms with Crippen LogP contribution in [-0.4, -0.2) is 35.8 Å². The molecule has 4 rings (SSSR count). The summed E-state index contributed by atoms with van der Waals surface area (Å²) >= 11 is 0. The van der Waals surface area contributed by atoms with Crippen LogP contribution in [0.25, 0.3) is 0 Å². The molecule has 158 valence electrons. The highest BCUT2D eigenvalue weighted by molar-refractivity contribution is 6.08. The van der Waals surface area contributed by atoms with E-state index in [-0.39, 0.29) is 17.5 Å². The van der Waals surface area contributed by atoms with Crippen molar-refractivity contribution in [2.45, 2.75) is 31.3 Å². The highest BCUT2D eigenvalue weighted by atomic mass is 19.4. The summed E-state index contributed by atoms with van der Waals surface area (Å²) in [6, 6.07) is 12.1. The second kappa shape index (κ2) is 6.93. The average Bonchev–Trinajstić information content (AvgIpc) is 2.67. The third-order valence-corrected chi connectivity index (χ3v) is 5.59. The standard InChI is InChI=1S/C21H19F3N2O4/c1-20-11-15(14-5-3-4-6-16(14)30-20)17(19(28)26(20)2)18(27)25-12-7-9-13(10-8-12)29-21(22,23)24/h3-10,15,17H,11H2,1-2H3,(H,25,27)/t15-,17-,20+/m1/s1. The maximum absolute atomic E-state index is 13.0. The molecule has 0 radical (unpaired) electrons. The molecule has 2 amide bonds. The number of rotatable bonds is 3. The fourth-order valence-electron chi connectivity index (χ4n) is 4.05. The smallest absolute Gasteiger partial charge is 0.468 e. The van der Waals surface area contributed by atoms with E-state index in [0.717, 1.165) is 17.7 Å². The number of hydrogen-bond donors (Lipinski definition) is 1. The fraction of sp³-hybridized carbons (Fsp3) is 0.333. The summed E-state index contributed by atoms with van der Waals surface area (Å²) in [4.78, 5) is 27.5. The molecule has 2 heterocycles. The highest BCUT2D eigenvalue weighted by Gasteiger charge is 2.54. The first-order chi connectivity index (χ1) is 14.1.